The van der Waals surface area contributed by atoms with Gasteiger partial charge in [0.15, 0.2) is 11.6 Å². The maximum absolute atomic E-state index is 13.5. The van der Waals surface area contributed by atoms with Gasteiger partial charge < -0.3 is 26.4 Å². The average molecular weight is 690 g/mol. The highest BCUT2D eigenvalue weighted by molar-refractivity contribution is 5.93. The predicted molar refractivity (Wildman–Crippen MR) is 192 cm³/mol. The summed E-state index contributed by atoms with van der Waals surface area (Å²) in [5.41, 5.74) is -1.36. The lowest BCUT2D eigenvalue weighted by Gasteiger charge is -2.41. The molecule has 4 aliphatic carbocycles. The largest absolute Gasteiger partial charge is 0.480 e. The summed E-state index contributed by atoms with van der Waals surface area (Å²) in [7, 11) is 0. The molecular formula is C38H67N5O6. The van der Waals surface area contributed by atoms with Crippen molar-refractivity contribution >= 4 is 29.4 Å². The van der Waals surface area contributed by atoms with E-state index in [4.69, 9.17) is 0 Å². The van der Waals surface area contributed by atoms with Gasteiger partial charge in [-0.2, -0.15) is 0 Å². The fourth-order valence-electron chi connectivity index (χ4n) is 8.18. The summed E-state index contributed by atoms with van der Waals surface area (Å²) in [6.07, 6.45) is 10.5. The molecule has 0 radical (unpaired) electrons. The van der Waals surface area contributed by atoms with Crippen molar-refractivity contribution in [3.05, 3.63) is 0 Å². The Morgan fingerprint density at radius 1 is 0.878 bits per heavy atom. The molecule has 4 aliphatic rings. The highest BCUT2D eigenvalue weighted by Gasteiger charge is 2.52. The lowest BCUT2D eigenvalue weighted by Crippen LogP contribution is -2.63. The zero-order valence-corrected chi connectivity index (χ0v) is 31.7. The van der Waals surface area contributed by atoms with Gasteiger partial charge in [-0.3, -0.25) is 24.5 Å². The normalized spacial score (nSPS) is 25.2. The van der Waals surface area contributed by atoms with Crippen molar-refractivity contribution in [3.63, 3.8) is 0 Å². The fraction of sp³-hybridized carbons (Fsp3) is 0.868. The number of aliphatic carboxylic acids is 1. The van der Waals surface area contributed by atoms with Crippen LogP contribution in [0, 0.1) is 17.3 Å². The van der Waals surface area contributed by atoms with Crippen molar-refractivity contribution in [3.8, 4) is 0 Å². The Balaban J connectivity index is 1.50. The van der Waals surface area contributed by atoms with Crippen LogP contribution in [0.25, 0.3) is 0 Å². The molecule has 11 nitrogen and oxygen atoms in total. The topological polar surface area (TPSA) is 166 Å². The first-order chi connectivity index (χ1) is 22.8. The number of nitrogens with one attached hydrogen (secondary N) is 5. The highest BCUT2D eigenvalue weighted by atomic mass is 16.4. The lowest BCUT2D eigenvalue weighted by molar-refractivity contribution is -0.142. The number of carbonyl (C=O) groups is 5. The number of fused-ring (bicyclic) bond motifs is 4. The van der Waals surface area contributed by atoms with E-state index in [0.29, 0.717) is 57.5 Å². The summed E-state index contributed by atoms with van der Waals surface area (Å²) >= 11 is 0. The number of carboxylic acid groups (broad SMARTS) is 1. The van der Waals surface area contributed by atoms with Gasteiger partial charge in [0.1, 0.15) is 12.1 Å². The van der Waals surface area contributed by atoms with Crippen LogP contribution in [-0.2, 0) is 24.0 Å². The van der Waals surface area contributed by atoms with Crippen LogP contribution in [0.4, 0.5) is 0 Å². The summed E-state index contributed by atoms with van der Waals surface area (Å²) in [5, 5.41) is 25.7. The fourth-order valence-corrected chi connectivity index (χ4v) is 8.18. The molecule has 2 amide bonds. The molecule has 0 aromatic heterocycles. The van der Waals surface area contributed by atoms with Crippen molar-refractivity contribution in [2.45, 2.75) is 180 Å². The van der Waals surface area contributed by atoms with Gasteiger partial charge in [-0.25, -0.2) is 4.79 Å². The zero-order chi connectivity index (χ0) is 36.6. The van der Waals surface area contributed by atoms with E-state index in [1.165, 1.54) is 0 Å². The quantitative estimate of drug-likeness (QED) is 0.114. The van der Waals surface area contributed by atoms with Gasteiger partial charge in [-0.05, 0) is 109 Å². The van der Waals surface area contributed by atoms with E-state index < -0.39 is 41.1 Å². The second-order valence-corrected chi connectivity index (χ2v) is 17.4. The maximum Gasteiger partial charge on any atom is 0.326 e. The SMILES string of the molecule is CC(C)[C@H](NC12CCC(CC1)C(C)(C)CC2=O)C(=O)N[C@@H](C)C(=O)N[C@@H](CCCCNC1(C(=O)CCNC(C)(C)C)CCCCC1)C(=O)O. The standard InChI is InChI=1S/C38H67N5O6/c1-25(2)31(43-38-20-15-27(16-21-38)36(7,8)24-30(38)45)33(47)41-26(3)32(46)42-28(34(48)49)14-10-13-22-40-37(18-11-9-12-19-37)29(44)17-23-39-35(4,5)6/h25-28,31,39-40,43H,9-24H2,1-8H3,(H,41,47)(H,42,46)(H,48,49)/t26-,27?,28-,31-,38?/m0/s1. The second-order valence-electron chi connectivity index (χ2n) is 17.4. The van der Waals surface area contributed by atoms with Crippen LogP contribution in [0.2, 0.25) is 0 Å². The molecule has 4 fully saturated rings. The van der Waals surface area contributed by atoms with Crippen LogP contribution in [0.1, 0.15) is 145 Å². The van der Waals surface area contributed by atoms with Crippen LogP contribution in [0.3, 0.4) is 0 Å². The van der Waals surface area contributed by atoms with Gasteiger partial charge in [0.25, 0.3) is 0 Å². The van der Waals surface area contributed by atoms with Gasteiger partial charge in [0.2, 0.25) is 11.8 Å². The second kappa shape index (κ2) is 17.2. The maximum atomic E-state index is 13.5. The molecule has 280 valence electrons. The molecule has 0 aromatic carbocycles. The molecule has 0 aromatic rings. The number of carbonyl (C=O) groups excluding carboxylic acids is 4. The molecule has 0 spiro atoms. The number of ketones is 2. The van der Waals surface area contributed by atoms with Gasteiger partial charge >= 0.3 is 5.97 Å². The summed E-state index contributed by atoms with van der Waals surface area (Å²) < 4.78 is 0. The molecular weight excluding hydrogens is 622 g/mol. The smallest absolute Gasteiger partial charge is 0.326 e. The van der Waals surface area contributed by atoms with Crippen molar-refractivity contribution in [1.29, 1.82) is 0 Å². The third kappa shape index (κ3) is 11.3. The Labute approximate surface area is 295 Å². The summed E-state index contributed by atoms with van der Waals surface area (Å²) in [6.45, 7) is 17.2. The third-order valence-electron chi connectivity index (χ3n) is 11.5. The lowest BCUT2D eigenvalue weighted by atomic mass is 9.71. The van der Waals surface area contributed by atoms with E-state index in [1.807, 2.05) is 13.8 Å². The molecule has 4 rings (SSSR count). The Bertz CT molecular complexity index is 1160. The number of rotatable bonds is 18. The van der Waals surface area contributed by atoms with Crippen LogP contribution < -0.4 is 26.6 Å². The molecule has 6 N–H and O–H groups in total. The van der Waals surface area contributed by atoms with Gasteiger partial charge in [-0.15, -0.1) is 0 Å². The summed E-state index contributed by atoms with van der Waals surface area (Å²) in [5.74, 6) is -1.30. The Hall–Kier alpha value is -2.37. The molecule has 0 unspecified atom stereocenters. The molecule has 4 saturated carbocycles. The number of unbranched alkanes of at least 4 members (excludes halogenated alkanes) is 1. The summed E-state index contributed by atoms with van der Waals surface area (Å²) in [4.78, 5) is 65.5. The molecule has 11 heteroatoms. The highest BCUT2D eigenvalue weighted by Crippen LogP contribution is 2.49. The van der Waals surface area contributed by atoms with Gasteiger partial charge in [0.05, 0.1) is 17.1 Å². The first-order valence-electron chi connectivity index (χ1n) is 19.0. The third-order valence-corrected chi connectivity index (χ3v) is 11.5. The van der Waals surface area contributed by atoms with E-state index in [9.17, 15) is 29.1 Å². The molecule has 0 heterocycles. The minimum atomic E-state index is -1.13. The van der Waals surface area contributed by atoms with E-state index in [1.54, 1.807) is 6.92 Å². The number of amides is 2. The summed E-state index contributed by atoms with van der Waals surface area (Å²) in [6, 6.07) is -2.73. The first-order valence-corrected chi connectivity index (χ1v) is 19.0. The van der Waals surface area contributed by atoms with Crippen molar-refractivity contribution in [2.24, 2.45) is 17.3 Å². The van der Waals surface area contributed by atoms with E-state index in [0.717, 1.165) is 44.9 Å². The molecule has 3 atom stereocenters. The van der Waals surface area contributed by atoms with Crippen LogP contribution in [0.15, 0.2) is 0 Å². The van der Waals surface area contributed by atoms with Gasteiger partial charge in [0, 0.05) is 24.9 Å². The van der Waals surface area contributed by atoms with Crippen LogP contribution in [-0.4, -0.2) is 82.3 Å². The Kier molecular flexibility index (Phi) is 14.4. The molecule has 0 saturated heterocycles. The van der Waals surface area contributed by atoms with E-state index >= 15 is 0 Å². The van der Waals surface area contributed by atoms with Crippen LogP contribution >= 0.6 is 0 Å². The zero-order valence-electron chi connectivity index (χ0n) is 31.7. The minimum absolute atomic E-state index is 0.0480. The van der Waals surface area contributed by atoms with E-state index in [-0.39, 0.29) is 40.8 Å². The number of Topliss-reactive ketones (excluding diaryl/α,β-unsaturated/α-hetero) is 2. The first kappa shape index (κ1) is 41.1. The molecule has 2 bridgehead atoms. The van der Waals surface area contributed by atoms with Crippen molar-refractivity contribution < 1.29 is 29.1 Å². The Morgan fingerprint density at radius 3 is 2.08 bits per heavy atom. The monoisotopic (exact) mass is 690 g/mol. The van der Waals surface area contributed by atoms with Crippen LogP contribution in [0.5, 0.6) is 0 Å². The van der Waals surface area contributed by atoms with Gasteiger partial charge in [-0.1, -0.05) is 47.0 Å². The van der Waals surface area contributed by atoms with Crippen molar-refractivity contribution in [2.75, 3.05) is 13.1 Å². The van der Waals surface area contributed by atoms with E-state index in [2.05, 4.69) is 61.2 Å². The number of carboxylic acids is 1. The Morgan fingerprint density at radius 2 is 1.51 bits per heavy atom. The molecule has 49 heavy (non-hydrogen) atoms. The molecule has 0 aliphatic heterocycles. The number of hydrogen-bond donors (Lipinski definition) is 6. The predicted octanol–water partition coefficient (Wildman–Crippen LogP) is 4.41. The number of hydrogen-bond acceptors (Lipinski definition) is 8. The average Bonchev–Trinajstić information content (AvgIpc) is 3.17. The van der Waals surface area contributed by atoms with Crippen molar-refractivity contribution in [1.82, 2.24) is 26.6 Å². The minimum Gasteiger partial charge on any atom is -0.480 e.